The zero-order chi connectivity index (χ0) is 23.5. The van der Waals surface area contributed by atoms with Crippen LogP contribution in [0.25, 0.3) is 0 Å². The van der Waals surface area contributed by atoms with Crippen LogP contribution in [0, 0.1) is 0 Å². The first-order valence-corrected chi connectivity index (χ1v) is 11.1. The molecule has 0 radical (unpaired) electrons. The number of carbonyl (C=O) groups excluding carboxylic acids is 1. The van der Waals surface area contributed by atoms with Crippen LogP contribution in [0.15, 0.2) is 6.07 Å². The second-order valence-corrected chi connectivity index (χ2v) is 9.35. The van der Waals surface area contributed by atoms with Gasteiger partial charge in [-0.15, -0.1) is 0 Å². The average Bonchev–Trinajstić information content (AvgIpc) is 2.70. The van der Waals surface area contributed by atoms with Gasteiger partial charge in [-0.25, -0.2) is 14.6 Å². The zero-order valence-corrected chi connectivity index (χ0v) is 19.6. The normalized spacial score (nSPS) is 21.9. The Balaban J connectivity index is 1.73. The van der Waals surface area contributed by atoms with E-state index in [2.05, 4.69) is 10.3 Å². The molecule has 2 saturated heterocycles. The van der Waals surface area contributed by atoms with E-state index in [0.717, 1.165) is 0 Å². The zero-order valence-electron chi connectivity index (χ0n) is 18.9. The highest BCUT2D eigenvalue weighted by atomic mass is 35.5. The number of hydrogen-bond donors (Lipinski definition) is 2. The summed E-state index contributed by atoms with van der Waals surface area (Å²) in [5.41, 5.74) is -0.616. The van der Waals surface area contributed by atoms with Gasteiger partial charge in [-0.05, 0) is 27.7 Å². The monoisotopic (exact) mass is 470 g/mol. The van der Waals surface area contributed by atoms with Gasteiger partial charge >= 0.3 is 12.1 Å². The molecular weight excluding hydrogens is 440 g/mol. The van der Waals surface area contributed by atoms with E-state index in [1.165, 1.54) is 6.07 Å². The topological polar surface area (TPSA) is 113 Å². The molecule has 3 heterocycles. The fourth-order valence-electron chi connectivity index (χ4n) is 3.65. The second-order valence-electron chi connectivity index (χ2n) is 8.96. The van der Waals surface area contributed by atoms with Crippen LogP contribution >= 0.6 is 11.6 Å². The Morgan fingerprint density at radius 2 is 2.09 bits per heavy atom. The fraction of sp³-hybridized carbons (Fsp3) is 0.667. The number of piperazine rings is 1. The van der Waals surface area contributed by atoms with E-state index < -0.39 is 11.6 Å². The Morgan fingerprint density at radius 1 is 1.34 bits per heavy atom. The van der Waals surface area contributed by atoms with Crippen LogP contribution in [-0.2, 0) is 9.47 Å². The van der Waals surface area contributed by atoms with Crippen LogP contribution in [-0.4, -0.2) is 90.7 Å². The number of rotatable bonds is 5. The average molecular weight is 471 g/mol. The van der Waals surface area contributed by atoms with Gasteiger partial charge in [0.1, 0.15) is 34.5 Å². The maximum Gasteiger partial charge on any atom is 0.410 e. The van der Waals surface area contributed by atoms with E-state index in [0.29, 0.717) is 39.3 Å². The van der Waals surface area contributed by atoms with Crippen LogP contribution < -0.4 is 15.0 Å². The summed E-state index contributed by atoms with van der Waals surface area (Å²) in [5, 5.41) is 13.3. The van der Waals surface area contributed by atoms with E-state index in [9.17, 15) is 14.7 Å². The molecule has 1 amide bonds. The third kappa shape index (κ3) is 6.36. The summed E-state index contributed by atoms with van der Waals surface area (Å²) >= 11 is 6.20. The van der Waals surface area contributed by atoms with Crippen LogP contribution in [0.2, 0.25) is 5.15 Å². The number of aromatic carboxylic acids is 1. The summed E-state index contributed by atoms with van der Waals surface area (Å²) < 4.78 is 16.9. The van der Waals surface area contributed by atoms with Crippen LogP contribution in [0.4, 0.5) is 10.6 Å². The Kier molecular flexibility index (Phi) is 7.68. The maximum absolute atomic E-state index is 12.4. The van der Waals surface area contributed by atoms with Gasteiger partial charge in [0, 0.05) is 38.8 Å². The number of carboxylic acid groups (broad SMARTS) is 1. The molecule has 0 spiro atoms. The Labute approximate surface area is 192 Å². The highest BCUT2D eigenvalue weighted by Gasteiger charge is 2.30. The first-order valence-electron chi connectivity index (χ1n) is 10.7. The Hall–Kier alpha value is -2.30. The van der Waals surface area contributed by atoms with Gasteiger partial charge in [-0.2, -0.15) is 0 Å². The highest BCUT2D eigenvalue weighted by Crippen LogP contribution is 2.32. The Bertz CT molecular complexity index is 846. The van der Waals surface area contributed by atoms with Gasteiger partial charge < -0.3 is 34.4 Å². The van der Waals surface area contributed by atoms with Crippen molar-refractivity contribution in [1.82, 2.24) is 15.2 Å². The van der Waals surface area contributed by atoms with Crippen molar-refractivity contribution in [1.29, 1.82) is 0 Å². The van der Waals surface area contributed by atoms with E-state index in [4.69, 9.17) is 25.8 Å². The number of nitrogens with one attached hydrogen (secondary N) is 1. The quantitative estimate of drug-likeness (QED) is 0.625. The number of hydrogen-bond acceptors (Lipinski definition) is 8. The van der Waals surface area contributed by atoms with E-state index in [1.54, 1.807) is 4.90 Å². The lowest BCUT2D eigenvalue weighted by molar-refractivity contribution is 0.0178. The van der Waals surface area contributed by atoms with E-state index in [1.807, 2.05) is 32.6 Å². The van der Waals surface area contributed by atoms with Gasteiger partial charge in [-0.1, -0.05) is 11.6 Å². The molecule has 2 N–H and O–H groups in total. The highest BCUT2D eigenvalue weighted by molar-refractivity contribution is 6.29. The van der Waals surface area contributed by atoms with Crippen molar-refractivity contribution in [3.8, 4) is 5.75 Å². The molecule has 1 aromatic rings. The lowest BCUT2D eigenvalue weighted by Crippen LogP contribution is -2.55. The number of halogens is 1. The van der Waals surface area contributed by atoms with Crippen molar-refractivity contribution >= 4 is 29.5 Å². The lowest BCUT2D eigenvalue weighted by atomic mass is 10.2. The summed E-state index contributed by atoms with van der Waals surface area (Å²) in [7, 11) is 0. The largest absolute Gasteiger partial charge is 0.491 e. The third-order valence-electron chi connectivity index (χ3n) is 5.03. The molecule has 0 aliphatic carbocycles. The minimum absolute atomic E-state index is 0.0386. The third-order valence-corrected chi connectivity index (χ3v) is 5.23. The molecule has 11 heteroatoms. The summed E-state index contributed by atoms with van der Waals surface area (Å²) in [4.78, 5) is 32.2. The predicted octanol–water partition coefficient (Wildman–Crippen LogP) is 2.25. The van der Waals surface area contributed by atoms with Crippen molar-refractivity contribution in [2.45, 2.75) is 45.4 Å². The maximum atomic E-state index is 12.4. The summed E-state index contributed by atoms with van der Waals surface area (Å²) in [5.74, 6) is -0.740. The number of anilines is 1. The number of carbonyl (C=O) groups is 2. The minimum Gasteiger partial charge on any atom is -0.491 e. The molecule has 0 aromatic carbocycles. The molecule has 2 fully saturated rings. The molecule has 0 bridgehead atoms. The molecule has 178 valence electrons. The van der Waals surface area contributed by atoms with Gasteiger partial charge in [-0.3, -0.25) is 0 Å². The standard InChI is InChI=1S/C21H31ClN4O6/c1-13-10-25(7-8-30-13)18-17(19(27)28)15(9-16(22)24-18)31-12-14-11-26(6-5-23-14)20(29)32-21(2,3)4/h9,13-14,23H,5-8,10-12H2,1-4H3,(H,27,28). The number of morpholine rings is 1. The number of pyridine rings is 1. The van der Waals surface area contributed by atoms with Crippen molar-refractivity contribution in [2.24, 2.45) is 0 Å². The van der Waals surface area contributed by atoms with Crippen molar-refractivity contribution in [3.05, 3.63) is 16.8 Å². The molecule has 2 aliphatic rings. The van der Waals surface area contributed by atoms with Crippen molar-refractivity contribution in [3.63, 3.8) is 0 Å². The number of amides is 1. The number of carboxylic acids is 1. The predicted molar refractivity (Wildman–Crippen MR) is 119 cm³/mol. The van der Waals surface area contributed by atoms with Gasteiger partial charge in [0.25, 0.3) is 0 Å². The molecular formula is C21H31ClN4O6. The molecule has 2 unspecified atom stereocenters. The molecule has 0 saturated carbocycles. The number of aromatic nitrogens is 1. The van der Waals surface area contributed by atoms with E-state index >= 15 is 0 Å². The fourth-order valence-corrected chi connectivity index (χ4v) is 3.83. The molecule has 2 aliphatic heterocycles. The molecule has 1 aromatic heterocycles. The smallest absolute Gasteiger partial charge is 0.410 e. The lowest BCUT2D eigenvalue weighted by Gasteiger charge is -2.35. The van der Waals surface area contributed by atoms with Gasteiger partial charge in [0.05, 0.1) is 18.8 Å². The molecule has 32 heavy (non-hydrogen) atoms. The minimum atomic E-state index is -1.15. The van der Waals surface area contributed by atoms with Crippen LogP contribution in [0.5, 0.6) is 5.75 Å². The molecule has 10 nitrogen and oxygen atoms in total. The van der Waals surface area contributed by atoms with Gasteiger partial charge in [0.2, 0.25) is 0 Å². The summed E-state index contributed by atoms with van der Waals surface area (Å²) in [6, 6.07) is 1.21. The van der Waals surface area contributed by atoms with E-state index in [-0.39, 0.29) is 47.1 Å². The molecule has 3 rings (SSSR count). The van der Waals surface area contributed by atoms with Gasteiger partial charge in [0.15, 0.2) is 0 Å². The summed E-state index contributed by atoms with van der Waals surface area (Å²) in [6.07, 6.45) is -0.438. The van der Waals surface area contributed by atoms with Crippen LogP contribution in [0.1, 0.15) is 38.1 Å². The first-order chi connectivity index (χ1) is 15.0. The van der Waals surface area contributed by atoms with Crippen LogP contribution in [0.3, 0.4) is 0 Å². The number of nitrogens with zero attached hydrogens (tertiary/aromatic N) is 3. The first kappa shape index (κ1) is 24.3. The summed E-state index contributed by atoms with van der Waals surface area (Å²) in [6.45, 7) is 10.5. The van der Waals surface area contributed by atoms with Crippen molar-refractivity contribution < 1.29 is 28.9 Å². The number of ether oxygens (including phenoxy) is 3. The molecule has 2 atom stereocenters. The van der Waals surface area contributed by atoms with Crippen molar-refractivity contribution in [2.75, 3.05) is 50.8 Å². The second kappa shape index (κ2) is 10.1. The SMILES string of the molecule is CC1CN(c2nc(Cl)cc(OCC3CN(C(=O)OC(C)(C)C)CCN3)c2C(=O)O)CCO1. The Morgan fingerprint density at radius 3 is 2.75 bits per heavy atom.